The fourth-order valence-electron chi connectivity index (χ4n) is 3.67. The van der Waals surface area contributed by atoms with E-state index in [2.05, 4.69) is 5.32 Å². The molecule has 11 heteroatoms. The van der Waals surface area contributed by atoms with E-state index in [0.717, 1.165) is 0 Å². The lowest BCUT2D eigenvalue weighted by Crippen LogP contribution is -2.31. The van der Waals surface area contributed by atoms with Crippen molar-refractivity contribution >= 4 is 25.0 Å². The van der Waals surface area contributed by atoms with Gasteiger partial charge in [0.2, 0.25) is 0 Å². The molecule has 10 nitrogen and oxygen atoms in total. The first-order valence-corrected chi connectivity index (χ1v) is 11.2. The lowest BCUT2D eigenvalue weighted by molar-refractivity contribution is -0.385. The molecule has 1 atom stereocenters. The standard InChI is InChI=1S/C20H23N2O8P/c1-12(23)11-28-20(24)17-13(2)21-14(3)19(31(27)29-9-6-10-30-31)18(17)15-7-4-5-8-16(15)22(25)26/h4-5,7-8,18,21H,6,9-11H2,1-3H3. The predicted octanol–water partition coefficient (Wildman–Crippen LogP) is 3.55. The number of nitro groups is 1. The molecule has 0 spiro atoms. The van der Waals surface area contributed by atoms with Gasteiger partial charge in [0.25, 0.3) is 5.69 Å². The van der Waals surface area contributed by atoms with Crippen LogP contribution in [0, 0.1) is 10.1 Å². The zero-order valence-corrected chi connectivity index (χ0v) is 18.3. The summed E-state index contributed by atoms with van der Waals surface area (Å²) in [6.07, 6.45) is 0.544. The van der Waals surface area contributed by atoms with Crippen LogP contribution in [0.1, 0.15) is 38.7 Å². The first kappa shape index (κ1) is 22.9. The SMILES string of the molecule is CC(=O)COC(=O)C1=C(C)NC(C)=C(P2(=O)OCCCO2)C1c1ccccc1[N+](=O)[O-]. The van der Waals surface area contributed by atoms with Crippen LogP contribution >= 0.6 is 7.60 Å². The number of ether oxygens (including phenoxy) is 1. The Morgan fingerprint density at radius 2 is 1.87 bits per heavy atom. The highest BCUT2D eigenvalue weighted by atomic mass is 31.2. The first-order chi connectivity index (χ1) is 14.7. The molecule has 0 bridgehead atoms. The number of ketones is 1. The molecule has 1 aromatic carbocycles. The molecule has 0 radical (unpaired) electrons. The minimum atomic E-state index is -3.87. The molecular formula is C20H23N2O8P. The lowest BCUT2D eigenvalue weighted by atomic mass is 9.85. The van der Waals surface area contributed by atoms with Crippen molar-refractivity contribution in [2.75, 3.05) is 19.8 Å². The molecule has 1 saturated heterocycles. The van der Waals surface area contributed by atoms with E-state index in [1.807, 2.05) is 0 Å². The van der Waals surface area contributed by atoms with Crippen LogP contribution in [0.15, 0.2) is 46.5 Å². The molecule has 1 fully saturated rings. The van der Waals surface area contributed by atoms with Gasteiger partial charge in [-0.05, 0) is 27.2 Å². The number of nitrogens with zero attached hydrogens (tertiary/aromatic N) is 1. The number of carbonyl (C=O) groups excluding carboxylic acids is 2. The Labute approximate surface area is 178 Å². The molecule has 0 aliphatic carbocycles. The van der Waals surface area contributed by atoms with Crippen LogP contribution in [0.25, 0.3) is 0 Å². The number of carbonyl (C=O) groups is 2. The molecule has 1 aromatic rings. The summed E-state index contributed by atoms with van der Waals surface area (Å²) in [7, 11) is -3.87. The summed E-state index contributed by atoms with van der Waals surface area (Å²) in [6, 6.07) is 5.88. The van der Waals surface area contributed by atoms with E-state index in [4.69, 9.17) is 13.8 Å². The van der Waals surface area contributed by atoms with E-state index in [0.29, 0.717) is 17.8 Å². The summed E-state index contributed by atoms with van der Waals surface area (Å²) in [5.41, 5.74) is 0.665. The van der Waals surface area contributed by atoms with Gasteiger partial charge in [0.1, 0.15) is 6.61 Å². The molecule has 2 heterocycles. The van der Waals surface area contributed by atoms with Gasteiger partial charge in [0.05, 0.1) is 34.9 Å². The Kier molecular flexibility index (Phi) is 6.74. The number of hydrogen-bond acceptors (Lipinski definition) is 9. The van der Waals surface area contributed by atoms with Crippen molar-refractivity contribution in [2.45, 2.75) is 33.1 Å². The zero-order valence-electron chi connectivity index (χ0n) is 17.4. The summed E-state index contributed by atoms with van der Waals surface area (Å²) in [5, 5.41) is 14.9. The van der Waals surface area contributed by atoms with Crippen molar-refractivity contribution in [3.8, 4) is 0 Å². The minimum Gasteiger partial charge on any atom is -0.454 e. The van der Waals surface area contributed by atoms with Crippen LogP contribution in [0.5, 0.6) is 0 Å². The summed E-state index contributed by atoms with van der Waals surface area (Å²) in [5.74, 6) is -2.33. The Bertz CT molecular complexity index is 1040. The summed E-state index contributed by atoms with van der Waals surface area (Å²) < 4.78 is 29.8. The van der Waals surface area contributed by atoms with Gasteiger partial charge in [-0.15, -0.1) is 0 Å². The summed E-state index contributed by atoms with van der Waals surface area (Å²) in [6.45, 7) is 4.42. The summed E-state index contributed by atoms with van der Waals surface area (Å²) in [4.78, 5) is 35.5. The molecule has 2 aliphatic rings. The predicted molar refractivity (Wildman–Crippen MR) is 110 cm³/mol. The second-order valence-electron chi connectivity index (χ2n) is 7.22. The van der Waals surface area contributed by atoms with Gasteiger partial charge < -0.3 is 19.1 Å². The highest BCUT2D eigenvalue weighted by Gasteiger charge is 2.47. The number of Topliss-reactive ketones (excluding diaryl/α,β-unsaturated/α-hetero) is 1. The van der Waals surface area contributed by atoms with Gasteiger partial charge in [-0.1, -0.05) is 18.2 Å². The second kappa shape index (κ2) is 9.13. The van der Waals surface area contributed by atoms with Gasteiger partial charge in [-0.3, -0.25) is 19.5 Å². The van der Waals surface area contributed by atoms with Crippen LogP contribution < -0.4 is 5.32 Å². The van der Waals surface area contributed by atoms with E-state index >= 15 is 0 Å². The Morgan fingerprint density at radius 3 is 2.48 bits per heavy atom. The maximum Gasteiger partial charge on any atom is 0.360 e. The molecule has 0 amide bonds. The molecule has 0 aromatic heterocycles. The Morgan fingerprint density at radius 1 is 1.23 bits per heavy atom. The van der Waals surface area contributed by atoms with E-state index in [1.54, 1.807) is 19.9 Å². The van der Waals surface area contributed by atoms with Crippen LogP contribution in [-0.2, 0) is 27.9 Å². The van der Waals surface area contributed by atoms with E-state index in [1.165, 1.54) is 25.1 Å². The van der Waals surface area contributed by atoms with Crippen molar-refractivity contribution in [3.05, 3.63) is 62.2 Å². The molecule has 2 aliphatic heterocycles. The average Bonchev–Trinajstić information content (AvgIpc) is 2.71. The minimum absolute atomic E-state index is 0.00384. The van der Waals surface area contributed by atoms with Gasteiger partial charge in [0.15, 0.2) is 5.78 Å². The average molecular weight is 450 g/mol. The van der Waals surface area contributed by atoms with Crippen LogP contribution in [0.2, 0.25) is 0 Å². The van der Waals surface area contributed by atoms with Gasteiger partial charge in [0, 0.05) is 23.0 Å². The topological polar surface area (TPSA) is 134 Å². The molecule has 0 saturated carbocycles. The summed E-state index contributed by atoms with van der Waals surface area (Å²) >= 11 is 0. The second-order valence-corrected chi connectivity index (χ2v) is 9.21. The fraction of sp³-hybridized carbons (Fsp3) is 0.400. The third-order valence-electron chi connectivity index (χ3n) is 4.90. The van der Waals surface area contributed by atoms with Gasteiger partial charge in [-0.2, -0.15) is 0 Å². The van der Waals surface area contributed by atoms with Crippen molar-refractivity contribution in [1.82, 2.24) is 5.32 Å². The number of hydrogen-bond donors (Lipinski definition) is 1. The Hall–Kier alpha value is -2.81. The molecule has 1 unspecified atom stereocenters. The zero-order chi connectivity index (χ0) is 22.8. The van der Waals surface area contributed by atoms with E-state index in [9.17, 15) is 24.3 Å². The van der Waals surface area contributed by atoms with Gasteiger partial charge in [-0.25, -0.2) is 4.79 Å². The third kappa shape index (κ3) is 4.61. The number of allylic oxidation sites excluding steroid dienone is 3. The van der Waals surface area contributed by atoms with Crippen molar-refractivity contribution < 1.29 is 32.9 Å². The molecule has 31 heavy (non-hydrogen) atoms. The van der Waals surface area contributed by atoms with E-state index < -0.39 is 31.0 Å². The van der Waals surface area contributed by atoms with Crippen LogP contribution in [0.4, 0.5) is 5.69 Å². The maximum absolute atomic E-state index is 13.7. The van der Waals surface area contributed by atoms with Crippen molar-refractivity contribution in [3.63, 3.8) is 0 Å². The molecule has 1 N–H and O–H groups in total. The Balaban J connectivity index is 2.22. The van der Waals surface area contributed by atoms with Gasteiger partial charge >= 0.3 is 13.6 Å². The van der Waals surface area contributed by atoms with Crippen LogP contribution in [-0.4, -0.2) is 36.5 Å². The molecule has 3 rings (SSSR count). The number of rotatable bonds is 6. The number of nitrogens with one attached hydrogen (secondary N) is 1. The van der Waals surface area contributed by atoms with Crippen LogP contribution in [0.3, 0.4) is 0 Å². The molecular weight excluding hydrogens is 427 g/mol. The number of benzene rings is 1. The van der Waals surface area contributed by atoms with Crippen molar-refractivity contribution in [2.24, 2.45) is 0 Å². The van der Waals surface area contributed by atoms with E-state index in [-0.39, 0.29) is 41.1 Å². The highest BCUT2D eigenvalue weighted by Crippen LogP contribution is 2.65. The highest BCUT2D eigenvalue weighted by molar-refractivity contribution is 7.58. The smallest absolute Gasteiger partial charge is 0.360 e. The largest absolute Gasteiger partial charge is 0.454 e. The maximum atomic E-state index is 13.7. The number of dihydropyridines is 1. The molecule has 166 valence electrons. The fourth-order valence-corrected chi connectivity index (χ4v) is 5.81. The monoisotopic (exact) mass is 450 g/mol. The number of esters is 1. The lowest BCUT2D eigenvalue weighted by Gasteiger charge is -2.35. The normalized spacial score (nSPS) is 20.8. The number of nitro benzene ring substituents is 1. The third-order valence-corrected chi connectivity index (χ3v) is 7.13. The van der Waals surface area contributed by atoms with Crippen molar-refractivity contribution in [1.29, 1.82) is 0 Å². The quantitative estimate of drug-likeness (QED) is 0.299. The first-order valence-electron chi connectivity index (χ1n) is 9.64. The number of para-hydroxylation sites is 1.